The molecule has 0 aromatic heterocycles. The molecule has 1 aliphatic rings. The van der Waals surface area contributed by atoms with Gasteiger partial charge in [-0.15, -0.1) is 0 Å². The van der Waals surface area contributed by atoms with E-state index in [1.807, 2.05) is 22.6 Å². The van der Waals surface area contributed by atoms with Gasteiger partial charge in [0.2, 0.25) is 11.6 Å². The SMILES string of the molecule is COc1ccc(-c2cc(N)c3c(c2O)C(=O)c2c(N)c(I)cc(O)c2C3=O)cc1. The predicted molar refractivity (Wildman–Crippen MR) is 117 cm³/mol. The van der Waals surface area contributed by atoms with Crippen molar-refractivity contribution in [3.8, 4) is 28.4 Å². The van der Waals surface area contributed by atoms with Crippen molar-refractivity contribution >= 4 is 45.5 Å². The second kappa shape index (κ2) is 6.66. The fraction of sp³-hybridized carbons (Fsp3) is 0.0476. The number of ether oxygens (including phenoxy) is 1. The molecule has 7 nitrogen and oxygen atoms in total. The zero-order valence-electron chi connectivity index (χ0n) is 15.1. The Labute approximate surface area is 179 Å². The van der Waals surface area contributed by atoms with E-state index >= 15 is 0 Å². The predicted octanol–water partition coefficient (Wildman–Crippen LogP) is 3.32. The summed E-state index contributed by atoms with van der Waals surface area (Å²) in [6.07, 6.45) is 0. The Kier molecular flexibility index (Phi) is 4.38. The number of nitrogen functional groups attached to an aromatic ring is 2. The quantitative estimate of drug-likeness (QED) is 0.188. The number of rotatable bonds is 2. The zero-order valence-corrected chi connectivity index (χ0v) is 17.3. The number of hydrogen-bond donors (Lipinski definition) is 4. The lowest BCUT2D eigenvalue weighted by Gasteiger charge is -2.24. The summed E-state index contributed by atoms with van der Waals surface area (Å²) in [4.78, 5) is 26.3. The molecule has 3 aromatic rings. The summed E-state index contributed by atoms with van der Waals surface area (Å²) in [5.41, 5.74) is 12.4. The van der Waals surface area contributed by atoms with Gasteiger partial charge in [-0.3, -0.25) is 9.59 Å². The number of phenols is 2. The standard InChI is InChI=1S/C21H15IN2O5/c1-29-9-4-2-8(3-5-9)10-6-12(23)14-17(19(10)26)21(28)16-15(20(14)27)13(25)7-11(22)18(16)24/h2-7,25-26H,23-24H2,1H3. The van der Waals surface area contributed by atoms with Gasteiger partial charge in [-0.05, 0) is 52.4 Å². The highest BCUT2D eigenvalue weighted by Gasteiger charge is 2.39. The number of fused-ring (bicyclic) bond motifs is 2. The lowest BCUT2D eigenvalue weighted by atomic mass is 9.80. The smallest absolute Gasteiger partial charge is 0.200 e. The lowest BCUT2D eigenvalue weighted by Crippen LogP contribution is -2.24. The average molecular weight is 502 g/mol. The fourth-order valence-corrected chi connectivity index (χ4v) is 4.08. The Morgan fingerprint density at radius 3 is 2.14 bits per heavy atom. The van der Waals surface area contributed by atoms with Crippen molar-refractivity contribution in [2.45, 2.75) is 0 Å². The normalized spacial score (nSPS) is 12.5. The molecule has 4 rings (SSSR count). The van der Waals surface area contributed by atoms with Crippen LogP contribution in [0.5, 0.6) is 17.2 Å². The van der Waals surface area contributed by atoms with Crippen molar-refractivity contribution in [3.63, 3.8) is 0 Å². The van der Waals surface area contributed by atoms with E-state index < -0.39 is 11.6 Å². The minimum absolute atomic E-state index is 0.0177. The van der Waals surface area contributed by atoms with Crippen LogP contribution in [0.4, 0.5) is 11.4 Å². The summed E-state index contributed by atoms with van der Waals surface area (Å²) in [5, 5.41) is 21.2. The summed E-state index contributed by atoms with van der Waals surface area (Å²) < 4.78 is 5.55. The minimum Gasteiger partial charge on any atom is -0.507 e. The Balaban J connectivity index is 2.01. The summed E-state index contributed by atoms with van der Waals surface area (Å²) >= 11 is 1.86. The van der Waals surface area contributed by atoms with E-state index in [0.717, 1.165) is 0 Å². The second-order valence-corrected chi connectivity index (χ2v) is 7.70. The van der Waals surface area contributed by atoms with Crippen molar-refractivity contribution in [2.75, 3.05) is 18.6 Å². The lowest BCUT2D eigenvalue weighted by molar-refractivity contribution is 0.0975. The third-order valence-electron chi connectivity index (χ3n) is 4.94. The van der Waals surface area contributed by atoms with Gasteiger partial charge in [-0.25, -0.2) is 0 Å². The number of phenolic OH excluding ortho intramolecular Hbond substituents is 2. The summed E-state index contributed by atoms with van der Waals surface area (Å²) in [5.74, 6) is -1.44. The fourth-order valence-electron chi connectivity index (χ4n) is 3.52. The number of anilines is 2. The molecule has 0 radical (unpaired) electrons. The van der Waals surface area contributed by atoms with Crippen molar-refractivity contribution in [1.29, 1.82) is 0 Å². The summed E-state index contributed by atoms with van der Waals surface area (Å²) in [6, 6.07) is 9.54. The minimum atomic E-state index is -0.666. The molecule has 0 unspecified atom stereocenters. The first-order valence-corrected chi connectivity index (χ1v) is 9.54. The van der Waals surface area contributed by atoms with E-state index in [1.54, 1.807) is 24.3 Å². The largest absolute Gasteiger partial charge is 0.507 e. The van der Waals surface area contributed by atoms with Crippen LogP contribution in [-0.2, 0) is 0 Å². The van der Waals surface area contributed by atoms with E-state index in [-0.39, 0.29) is 45.1 Å². The number of nitrogens with two attached hydrogens (primary N) is 2. The van der Waals surface area contributed by atoms with E-state index in [2.05, 4.69) is 0 Å². The maximum atomic E-state index is 13.3. The van der Waals surface area contributed by atoms with E-state index in [0.29, 0.717) is 20.4 Å². The Morgan fingerprint density at radius 1 is 0.897 bits per heavy atom. The zero-order chi connectivity index (χ0) is 21.0. The van der Waals surface area contributed by atoms with E-state index in [9.17, 15) is 19.8 Å². The molecule has 0 bridgehead atoms. The second-order valence-electron chi connectivity index (χ2n) is 6.54. The van der Waals surface area contributed by atoms with Crippen LogP contribution in [0.3, 0.4) is 0 Å². The number of carbonyl (C=O) groups excluding carboxylic acids is 2. The third-order valence-corrected chi connectivity index (χ3v) is 5.83. The molecule has 0 aliphatic heterocycles. The molecule has 6 N–H and O–H groups in total. The topological polar surface area (TPSA) is 136 Å². The number of benzene rings is 3. The van der Waals surface area contributed by atoms with Crippen LogP contribution in [-0.4, -0.2) is 28.9 Å². The monoisotopic (exact) mass is 502 g/mol. The van der Waals surface area contributed by atoms with Crippen molar-refractivity contribution < 1.29 is 24.5 Å². The molecule has 3 aromatic carbocycles. The first kappa shape index (κ1) is 19.1. The molecule has 146 valence electrons. The Hall–Kier alpha value is -3.27. The molecule has 8 heteroatoms. The number of methoxy groups -OCH3 is 1. The molecule has 0 saturated heterocycles. The summed E-state index contributed by atoms with van der Waals surface area (Å²) in [7, 11) is 1.53. The highest BCUT2D eigenvalue weighted by Crippen LogP contribution is 2.46. The molecular formula is C21H15IN2O5. The first-order chi connectivity index (χ1) is 13.8. The van der Waals surface area contributed by atoms with Crippen molar-refractivity contribution in [2.24, 2.45) is 0 Å². The summed E-state index contributed by atoms with van der Waals surface area (Å²) in [6.45, 7) is 0. The average Bonchev–Trinajstić information content (AvgIpc) is 2.70. The molecule has 0 spiro atoms. The maximum absolute atomic E-state index is 13.3. The van der Waals surface area contributed by atoms with E-state index in [4.69, 9.17) is 16.2 Å². The van der Waals surface area contributed by atoms with Crippen molar-refractivity contribution in [1.82, 2.24) is 0 Å². The van der Waals surface area contributed by atoms with Crippen LogP contribution in [0.1, 0.15) is 31.8 Å². The molecule has 0 amide bonds. The molecule has 0 atom stereocenters. The Bertz CT molecular complexity index is 1220. The van der Waals surface area contributed by atoms with Crippen LogP contribution in [0, 0.1) is 3.57 Å². The van der Waals surface area contributed by atoms with Gasteiger partial charge in [0.1, 0.15) is 17.2 Å². The Morgan fingerprint density at radius 2 is 1.52 bits per heavy atom. The van der Waals surface area contributed by atoms with Gasteiger partial charge in [0.05, 0.1) is 35.1 Å². The van der Waals surface area contributed by atoms with Crippen LogP contribution < -0.4 is 16.2 Å². The highest BCUT2D eigenvalue weighted by molar-refractivity contribution is 14.1. The number of carbonyl (C=O) groups is 2. The van der Waals surface area contributed by atoms with Crippen LogP contribution in [0.2, 0.25) is 0 Å². The molecule has 0 saturated carbocycles. The molecular weight excluding hydrogens is 487 g/mol. The van der Waals surface area contributed by atoms with Gasteiger partial charge in [0.15, 0.2) is 0 Å². The van der Waals surface area contributed by atoms with Crippen LogP contribution in [0.25, 0.3) is 11.1 Å². The van der Waals surface area contributed by atoms with Gasteiger partial charge in [0.25, 0.3) is 0 Å². The maximum Gasteiger partial charge on any atom is 0.200 e. The van der Waals surface area contributed by atoms with Crippen molar-refractivity contribution in [3.05, 3.63) is 62.2 Å². The van der Waals surface area contributed by atoms with E-state index in [1.165, 1.54) is 19.2 Å². The van der Waals surface area contributed by atoms with Gasteiger partial charge in [0, 0.05) is 14.8 Å². The first-order valence-electron chi connectivity index (χ1n) is 8.46. The number of halogens is 1. The molecule has 1 aliphatic carbocycles. The molecule has 0 heterocycles. The third kappa shape index (κ3) is 2.70. The molecule has 0 fully saturated rings. The van der Waals surface area contributed by atoms with Gasteiger partial charge < -0.3 is 26.4 Å². The van der Waals surface area contributed by atoms with Gasteiger partial charge in [-0.2, -0.15) is 0 Å². The molecule has 29 heavy (non-hydrogen) atoms. The highest BCUT2D eigenvalue weighted by atomic mass is 127. The number of aromatic hydroxyl groups is 2. The van der Waals surface area contributed by atoms with Gasteiger partial charge in [-0.1, -0.05) is 12.1 Å². The van der Waals surface area contributed by atoms with Crippen LogP contribution in [0.15, 0.2) is 36.4 Å². The number of hydrogen-bond acceptors (Lipinski definition) is 7. The number of ketones is 2. The van der Waals surface area contributed by atoms with Crippen LogP contribution >= 0.6 is 22.6 Å². The van der Waals surface area contributed by atoms with Gasteiger partial charge >= 0.3 is 0 Å².